The number of benzene rings is 1. The van der Waals surface area contributed by atoms with Crippen molar-refractivity contribution in [2.24, 2.45) is 11.8 Å². The molecule has 2 rings (SSSR count). The van der Waals surface area contributed by atoms with E-state index in [0.29, 0.717) is 13.1 Å². The molecule has 5 nitrogen and oxygen atoms in total. The predicted molar refractivity (Wildman–Crippen MR) is 87.4 cm³/mol. The van der Waals surface area contributed by atoms with E-state index < -0.39 is 0 Å². The van der Waals surface area contributed by atoms with Crippen LogP contribution in [0.15, 0.2) is 24.3 Å². The van der Waals surface area contributed by atoms with Crippen molar-refractivity contribution in [3.8, 4) is 0 Å². The van der Waals surface area contributed by atoms with E-state index in [2.05, 4.69) is 16.0 Å². The first-order valence-corrected chi connectivity index (χ1v) is 7.92. The van der Waals surface area contributed by atoms with E-state index in [9.17, 15) is 9.59 Å². The van der Waals surface area contributed by atoms with Crippen molar-refractivity contribution >= 4 is 17.5 Å². The number of hydrogen-bond acceptors (Lipinski definition) is 3. The van der Waals surface area contributed by atoms with Gasteiger partial charge in [-0.15, -0.1) is 0 Å². The van der Waals surface area contributed by atoms with Crippen molar-refractivity contribution in [1.29, 1.82) is 0 Å². The van der Waals surface area contributed by atoms with E-state index in [1.54, 1.807) is 0 Å². The molecule has 120 valence electrons. The van der Waals surface area contributed by atoms with Crippen LogP contribution >= 0.6 is 0 Å². The topological polar surface area (TPSA) is 70.2 Å². The normalized spacial score (nSPS) is 14.0. The Morgan fingerprint density at radius 3 is 2.45 bits per heavy atom. The van der Waals surface area contributed by atoms with Gasteiger partial charge in [0.25, 0.3) is 0 Å². The minimum Gasteiger partial charge on any atom is -0.351 e. The summed E-state index contributed by atoms with van der Waals surface area (Å²) < 4.78 is 0. The zero-order valence-electron chi connectivity index (χ0n) is 13.3. The van der Waals surface area contributed by atoms with E-state index in [0.717, 1.165) is 23.7 Å². The highest BCUT2D eigenvalue weighted by molar-refractivity contribution is 5.92. The molecule has 0 atom stereocenters. The zero-order valence-corrected chi connectivity index (χ0v) is 13.3. The van der Waals surface area contributed by atoms with E-state index in [1.807, 2.05) is 38.1 Å². The molecule has 0 aromatic heterocycles. The van der Waals surface area contributed by atoms with Gasteiger partial charge in [0.1, 0.15) is 0 Å². The Labute approximate surface area is 131 Å². The molecule has 2 amide bonds. The van der Waals surface area contributed by atoms with Crippen LogP contribution in [0.2, 0.25) is 0 Å². The second-order valence-corrected chi connectivity index (χ2v) is 6.19. The van der Waals surface area contributed by atoms with Crippen molar-refractivity contribution in [2.75, 3.05) is 18.4 Å². The summed E-state index contributed by atoms with van der Waals surface area (Å²) in [6.07, 6.45) is 2.57. The Kier molecular flexibility index (Phi) is 5.95. The Morgan fingerprint density at radius 2 is 1.86 bits per heavy atom. The monoisotopic (exact) mass is 303 g/mol. The van der Waals surface area contributed by atoms with Gasteiger partial charge in [0.2, 0.25) is 11.8 Å². The molecule has 1 aliphatic rings. The fourth-order valence-electron chi connectivity index (χ4n) is 1.97. The van der Waals surface area contributed by atoms with Crippen LogP contribution in [0.25, 0.3) is 0 Å². The van der Waals surface area contributed by atoms with Gasteiger partial charge in [0, 0.05) is 18.2 Å². The Bertz CT molecular complexity index is 507. The lowest BCUT2D eigenvalue weighted by Crippen LogP contribution is -2.34. The summed E-state index contributed by atoms with van der Waals surface area (Å²) in [6, 6.07) is 7.53. The van der Waals surface area contributed by atoms with Crippen LogP contribution in [0.4, 0.5) is 5.69 Å². The maximum atomic E-state index is 11.7. The number of nitrogens with one attached hydrogen (secondary N) is 3. The maximum absolute atomic E-state index is 11.7. The fourth-order valence-corrected chi connectivity index (χ4v) is 1.97. The summed E-state index contributed by atoms with van der Waals surface area (Å²) in [4.78, 5) is 23.3. The standard InChI is InChI=1S/C17H25N3O2/c1-12(2)17(22)20-15-7-5-14(6-8-15)10-19-16(21)11-18-9-13-3-4-13/h5-8,12-13,18H,3-4,9-11H2,1-2H3,(H,19,21)(H,20,22). The van der Waals surface area contributed by atoms with Crippen molar-refractivity contribution in [3.63, 3.8) is 0 Å². The molecule has 1 aliphatic carbocycles. The number of amides is 2. The van der Waals surface area contributed by atoms with Crippen LogP contribution in [-0.4, -0.2) is 24.9 Å². The highest BCUT2D eigenvalue weighted by Gasteiger charge is 2.20. The van der Waals surface area contributed by atoms with E-state index >= 15 is 0 Å². The summed E-state index contributed by atoms with van der Waals surface area (Å²) in [5, 5.41) is 8.89. The largest absolute Gasteiger partial charge is 0.351 e. The third-order valence-corrected chi connectivity index (χ3v) is 3.65. The van der Waals surface area contributed by atoms with E-state index in [-0.39, 0.29) is 17.7 Å². The average molecular weight is 303 g/mol. The Morgan fingerprint density at radius 1 is 1.18 bits per heavy atom. The molecule has 0 radical (unpaired) electrons. The molecule has 1 fully saturated rings. The third kappa shape index (κ3) is 5.85. The molecule has 0 spiro atoms. The fraction of sp³-hybridized carbons (Fsp3) is 0.529. The SMILES string of the molecule is CC(C)C(=O)Nc1ccc(CNC(=O)CNCC2CC2)cc1. The summed E-state index contributed by atoms with van der Waals surface area (Å²) in [7, 11) is 0. The lowest BCUT2D eigenvalue weighted by atomic mass is 10.1. The summed E-state index contributed by atoms with van der Waals surface area (Å²) in [5.74, 6) is 0.754. The molecule has 1 aromatic carbocycles. The summed E-state index contributed by atoms with van der Waals surface area (Å²) >= 11 is 0. The van der Waals surface area contributed by atoms with Crippen LogP contribution in [-0.2, 0) is 16.1 Å². The highest BCUT2D eigenvalue weighted by atomic mass is 16.2. The van der Waals surface area contributed by atoms with Gasteiger partial charge in [0.15, 0.2) is 0 Å². The van der Waals surface area contributed by atoms with Gasteiger partial charge in [-0.25, -0.2) is 0 Å². The first kappa shape index (κ1) is 16.5. The van der Waals surface area contributed by atoms with Crippen molar-refractivity contribution in [2.45, 2.75) is 33.2 Å². The molecule has 22 heavy (non-hydrogen) atoms. The average Bonchev–Trinajstić information content (AvgIpc) is 3.30. The minimum atomic E-state index is -0.0397. The summed E-state index contributed by atoms with van der Waals surface area (Å²) in [5.41, 5.74) is 1.79. The second kappa shape index (κ2) is 7.94. The van der Waals surface area contributed by atoms with Crippen molar-refractivity contribution in [1.82, 2.24) is 10.6 Å². The van der Waals surface area contributed by atoms with Crippen LogP contribution in [0.3, 0.4) is 0 Å². The molecule has 3 N–H and O–H groups in total. The molecule has 0 bridgehead atoms. The lowest BCUT2D eigenvalue weighted by Gasteiger charge is -2.09. The molecular formula is C17H25N3O2. The molecule has 1 aromatic rings. The quantitative estimate of drug-likeness (QED) is 0.687. The van der Waals surface area contributed by atoms with Crippen molar-refractivity contribution < 1.29 is 9.59 Å². The minimum absolute atomic E-state index is 0.00258. The van der Waals surface area contributed by atoms with Gasteiger partial charge < -0.3 is 16.0 Å². The van der Waals surface area contributed by atoms with Gasteiger partial charge in [-0.05, 0) is 43.0 Å². The first-order chi connectivity index (χ1) is 10.5. The van der Waals surface area contributed by atoms with Crippen LogP contribution in [0.1, 0.15) is 32.3 Å². The van der Waals surface area contributed by atoms with Crippen LogP contribution in [0, 0.1) is 11.8 Å². The number of rotatable bonds is 8. The van der Waals surface area contributed by atoms with Gasteiger partial charge >= 0.3 is 0 Å². The molecule has 0 unspecified atom stereocenters. The summed E-state index contributed by atoms with van der Waals surface area (Å²) in [6.45, 7) is 5.53. The predicted octanol–water partition coefficient (Wildman–Crippen LogP) is 1.90. The van der Waals surface area contributed by atoms with Crippen molar-refractivity contribution in [3.05, 3.63) is 29.8 Å². The third-order valence-electron chi connectivity index (χ3n) is 3.65. The smallest absolute Gasteiger partial charge is 0.234 e. The molecule has 0 saturated heterocycles. The Balaban J connectivity index is 1.68. The van der Waals surface area contributed by atoms with Crippen LogP contribution in [0.5, 0.6) is 0 Å². The van der Waals surface area contributed by atoms with Gasteiger partial charge in [-0.2, -0.15) is 0 Å². The molecular weight excluding hydrogens is 278 g/mol. The second-order valence-electron chi connectivity index (χ2n) is 6.19. The van der Waals surface area contributed by atoms with E-state index in [1.165, 1.54) is 12.8 Å². The van der Waals surface area contributed by atoms with E-state index in [4.69, 9.17) is 0 Å². The van der Waals surface area contributed by atoms with Gasteiger partial charge in [-0.1, -0.05) is 26.0 Å². The molecule has 1 saturated carbocycles. The number of anilines is 1. The highest BCUT2D eigenvalue weighted by Crippen LogP contribution is 2.27. The number of carbonyl (C=O) groups excluding carboxylic acids is 2. The van der Waals surface area contributed by atoms with Gasteiger partial charge in [0.05, 0.1) is 6.54 Å². The Hall–Kier alpha value is -1.88. The number of hydrogen-bond donors (Lipinski definition) is 3. The van der Waals surface area contributed by atoms with Crippen LogP contribution < -0.4 is 16.0 Å². The van der Waals surface area contributed by atoms with Gasteiger partial charge in [-0.3, -0.25) is 9.59 Å². The number of carbonyl (C=O) groups is 2. The molecule has 5 heteroatoms. The zero-order chi connectivity index (χ0) is 15.9. The molecule has 0 heterocycles. The maximum Gasteiger partial charge on any atom is 0.234 e. The molecule has 0 aliphatic heterocycles. The first-order valence-electron chi connectivity index (χ1n) is 7.92. The lowest BCUT2D eigenvalue weighted by molar-refractivity contribution is -0.120.